The summed E-state index contributed by atoms with van der Waals surface area (Å²) in [6.07, 6.45) is 2.90. The van der Waals surface area contributed by atoms with E-state index in [4.69, 9.17) is 16.3 Å². The van der Waals surface area contributed by atoms with E-state index >= 15 is 0 Å². The third-order valence-electron chi connectivity index (χ3n) is 4.33. The number of ether oxygens (including phenoxy) is 1. The first kappa shape index (κ1) is 19.8. The van der Waals surface area contributed by atoms with Crippen LogP contribution >= 0.6 is 11.6 Å². The van der Waals surface area contributed by atoms with Gasteiger partial charge in [-0.2, -0.15) is 5.10 Å². The Labute approximate surface area is 168 Å². The molecular weight excluding hydrogens is 378 g/mol. The van der Waals surface area contributed by atoms with Gasteiger partial charge in [-0.05, 0) is 43.5 Å². The molecule has 0 fully saturated rings. The molecule has 0 radical (unpaired) electrons. The number of carbonyl (C=O) groups excluding carboxylic acids is 1. The Balaban J connectivity index is 1.74. The predicted octanol–water partition coefficient (Wildman–Crippen LogP) is 3.25. The van der Waals surface area contributed by atoms with Gasteiger partial charge in [0.05, 0.1) is 24.6 Å². The second-order valence-electron chi connectivity index (χ2n) is 6.41. The average Bonchev–Trinajstić information content (AvgIpc) is 3.14. The number of amides is 1. The maximum absolute atomic E-state index is 12.8. The lowest BCUT2D eigenvalue weighted by Crippen LogP contribution is -2.34. The smallest absolute Gasteiger partial charge is 0.254 e. The molecule has 8 heteroatoms. The Hall–Kier alpha value is -2.93. The number of hydrogen-bond acceptors (Lipinski definition) is 5. The molecule has 0 aliphatic heterocycles. The van der Waals surface area contributed by atoms with Crippen molar-refractivity contribution in [1.82, 2.24) is 25.3 Å². The molecule has 2 aromatic heterocycles. The molecular formula is C20H22ClN5O2. The minimum absolute atomic E-state index is 0.0393. The number of aromatic nitrogens is 4. The SMILES string of the molecule is CCc1c(C(=O)N[C@H](C)Cc2ccc(Cl)cc2)cnn1-c1ccc(OC)nn1. The molecule has 1 amide bonds. The van der Waals surface area contributed by atoms with E-state index in [1.807, 2.05) is 38.1 Å². The summed E-state index contributed by atoms with van der Waals surface area (Å²) in [6, 6.07) is 11.0. The van der Waals surface area contributed by atoms with E-state index in [9.17, 15) is 4.79 Å². The fourth-order valence-electron chi connectivity index (χ4n) is 2.96. The van der Waals surface area contributed by atoms with Crippen molar-refractivity contribution in [3.63, 3.8) is 0 Å². The van der Waals surface area contributed by atoms with E-state index in [0.29, 0.717) is 35.1 Å². The second kappa shape index (κ2) is 8.84. The van der Waals surface area contributed by atoms with Crippen molar-refractivity contribution in [2.75, 3.05) is 7.11 Å². The Morgan fingerprint density at radius 1 is 1.21 bits per heavy atom. The van der Waals surface area contributed by atoms with Crippen LogP contribution in [-0.2, 0) is 12.8 Å². The van der Waals surface area contributed by atoms with Crippen molar-refractivity contribution in [2.45, 2.75) is 32.7 Å². The molecule has 3 rings (SSSR count). The molecule has 0 bridgehead atoms. The summed E-state index contributed by atoms with van der Waals surface area (Å²) in [7, 11) is 1.53. The highest BCUT2D eigenvalue weighted by Crippen LogP contribution is 2.16. The monoisotopic (exact) mass is 399 g/mol. The molecule has 0 aliphatic rings. The van der Waals surface area contributed by atoms with Crippen LogP contribution in [0.15, 0.2) is 42.6 Å². The first-order valence-electron chi connectivity index (χ1n) is 9.02. The summed E-state index contributed by atoms with van der Waals surface area (Å²) in [5.41, 5.74) is 2.41. The summed E-state index contributed by atoms with van der Waals surface area (Å²) < 4.78 is 6.66. The summed E-state index contributed by atoms with van der Waals surface area (Å²) in [4.78, 5) is 12.8. The summed E-state index contributed by atoms with van der Waals surface area (Å²) >= 11 is 5.92. The second-order valence-corrected chi connectivity index (χ2v) is 6.85. The van der Waals surface area contributed by atoms with Gasteiger partial charge in [-0.25, -0.2) is 4.68 Å². The van der Waals surface area contributed by atoms with Crippen molar-refractivity contribution in [3.8, 4) is 11.7 Å². The topological polar surface area (TPSA) is 81.9 Å². The van der Waals surface area contributed by atoms with Gasteiger partial charge in [0.1, 0.15) is 0 Å². The normalized spacial score (nSPS) is 11.9. The van der Waals surface area contributed by atoms with Gasteiger partial charge in [-0.15, -0.1) is 10.2 Å². The Morgan fingerprint density at radius 3 is 2.57 bits per heavy atom. The van der Waals surface area contributed by atoms with Crippen LogP contribution in [0.4, 0.5) is 0 Å². The van der Waals surface area contributed by atoms with Crippen molar-refractivity contribution >= 4 is 17.5 Å². The van der Waals surface area contributed by atoms with E-state index < -0.39 is 0 Å². The molecule has 0 unspecified atom stereocenters. The van der Waals surface area contributed by atoms with Gasteiger partial charge in [0.2, 0.25) is 5.88 Å². The first-order chi connectivity index (χ1) is 13.5. The number of nitrogens with zero attached hydrogens (tertiary/aromatic N) is 4. The Bertz CT molecular complexity index is 938. The van der Waals surface area contributed by atoms with E-state index in [2.05, 4.69) is 20.6 Å². The van der Waals surface area contributed by atoms with Crippen LogP contribution in [0.2, 0.25) is 5.02 Å². The third kappa shape index (κ3) is 4.48. The molecule has 3 aromatic rings. The van der Waals surface area contributed by atoms with Crippen molar-refractivity contribution in [1.29, 1.82) is 0 Å². The Kier molecular flexibility index (Phi) is 6.26. The zero-order valence-electron chi connectivity index (χ0n) is 16.0. The summed E-state index contributed by atoms with van der Waals surface area (Å²) in [6.45, 7) is 3.94. The van der Waals surface area contributed by atoms with Gasteiger partial charge in [0, 0.05) is 17.1 Å². The van der Waals surface area contributed by atoms with Gasteiger partial charge < -0.3 is 10.1 Å². The van der Waals surface area contributed by atoms with Crippen molar-refractivity contribution in [3.05, 3.63) is 64.4 Å². The molecule has 0 saturated heterocycles. The zero-order chi connectivity index (χ0) is 20.1. The van der Waals surface area contributed by atoms with Gasteiger partial charge in [0.25, 0.3) is 5.91 Å². The van der Waals surface area contributed by atoms with E-state index in [1.165, 1.54) is 7.11 Å². The Morgan fingerprint density at radius 2 is 1.96 bits per heavy atom. The maximum Gasteiger partial charge on any atom is 0.254 e. The van der Waals surface area contributed by atoms with Crippen LogP contribution in [-0.4, -0.2) is 39.0 Å². The molecule has 7 nitrogen and oxygen atoms in total. The van der Waals surface area contributed by atoms with Gasteiger partial charge in [-0.3, -0.25) is 4.79 Å². The van der Waals surface area contributed by atoms with Gasteiger partial charge in [-0.1, -0.05) is 30.7 Å². The largest absolute Gasteiger partial charge is 0.480 e. The van der Waals surface area contributed by atoms with Crippen LogP contribution in [0.3, 0.4) is 0 Å². The molecule has 2 heterocycles. The number of rotatable bonds is 7. The van der Waals surface area contributed by atoms with Gasteiger partial charge >= 0.3 is 0 Å². The minimum atomic E-state index is -0.161. The molecule has 0 saturated carbocycles. The lowest BCUT2D eigenvalue weighted by atomic mass is 10.1. The number of hydrogen-bond donors (Lipinski definition) is 1. The van der Waals surface area contributed by atoms with Crippen LogP contribution in [0.5, 0.6) is 5.88 Å². The summed E-state index contributed by atoms with van der Waals surface area (Å²) in [5.74, 6) is 0.792. The molecule has 28 heavy (non-hydrogen) atoms. The number of methoxy groups -OCH3 is 1. The highest BCUT2D eigenvalue weighted by Gasteiger charge is 2.19. The van der Waals surface area contributed by atoms with E-state index in [1.54, 1.807) is 23.0 Å². The molecule has 1 aromatic carbocycles. The maximum atomic E-state index is 12.8. The van der Waals surface area contributed by atoms with Crippen LogP contribution in [0, 0.1) is 0 Å². The molecule has 146 valence electrons. The molecule has 0 spiro atoms. The highest BCUT2D eigenvalue weighted by atomic mass is 35.5. The minimum Gasteiger partial charge on any atom is -0.480 e. The zero-order valence-corrected chi connectivity index (χ0v) is 16.8. The fraction of sp³-hybridized carbons (Fsp3) is 0.300. The van der Waals surface area contributed by atoms with Crippen LogP contribution < -0.4 is 10.1 Å². The number of halogens is 1. The third-order valence-corrected chi connectivity index (χ3v) is 4.59. The fourth-order valence-corrected chi connectivity index (χ4v) is 3.09. The molecule has 1 atom stereocenters. The van der Waals surface area contributed by atoms with Crippen LogP contribution in [0.1, 0.15) is 35.5 Å². The molecule has 1 N–H and O–H groups in total. The predicted molar refractivity (Wildman–Crippen MR) is 107 cm³/mol. The lowest BCUT2D eigenvalue weighted by Gasteiger charge is -2.14. The van der Waals surface area contributed by atoms with E-state index in [-0.39, 0.29) is 11.9 Å². The number of carbonyl (C=O) groups is 1. The highest BCUT2D eigenvalue weighted by molar-refractivity contribution is 6.30. The lowest BCUT2D eigenvalue weighted by molar-refractivity contribution is 0.0939. The average molecular weight is 400 g/mol. The number of benzene rings is 1. The quantitative estimate of drug-likeness (QED) is 0.659. The van der Waals surface area contributed by atoms with Crippen LogP contribution in [0.25, 0.3) is 5.82 Å². The first-order valence-corrected chi connectivity index (χ1v) is 9.40. The van der Waals surface area contributed by atoms with Crippen molar-refractivity contribution in [2.24, 2.45) is 0 Å². The van der Waals surface area contributed by atoms with Gasteiger partial charge in [0.15, 0.2) is 5.82 Å². The number of nitrogens with one attached hydrogen (secondary N) is 1. The standard InChI is InChI=1S/C20H22ClN5O2/c1-4-17-16(12-22-26(17)18-9-10-19(28-3)25-24-18)20(27)23-13(2)11-14-5-7-15(21)8-6-14/h5-10,12-13H,4,11H2,1-3H3,(H,23,27)/t13-/m1/s1. The van der Waals surface area contributed by atoms with E-state index in [0.717, 1.165) is 11.3 Å². The molecule has 0 aliphatic carbocycles. The summed E-state index contributed by atoms with van der Waals surface area (Å²) in [5, 5.41) is 16.1. The van der Waals surface area contributed by atoms with Crippen molar-refractivity contribution < 1.29 is 9.53 Å².